The molecule has 0 aliphatic heterocycles. The highest BCUT2D eigenvalue weighted by atomic mass is 79.9. The molecule has 1 aliphatic carbocycles. The maximum Gasteiger partial charge on any atom is 0.239 e. The monoisotopic (exact) mass is 316 g/mol. The number of hydrogen-bond acceptors (Lipinski definition) is 2. The first-order valence-electron chi connectivity index (χ1n) is 5.55. The standard InChI is InChI=1S/C12H14BrClN2O/c13-10-4-3-8(14)5-9(10)11(12(15)17)16-6-7-1-2-7/h3-5,7,11,16H,1-2,6H2,(H2,15,17). The van der Waals surface area contributed by atoms with Crippen molar-refractivity contribution in [1.82, 2.24) is 5.32 Å². The molecule has 0 saturated heterocycles. The summed E-state index contributed by atoms with van der Waals surface area (Å²) in [6.07, 6.45) is 2.46. The third-order valence-electron chi connectivity index (χ3n) is 2.86. The molecule has 1 unspecified atom stereocenters. The molecular weight excluding hydrogens is 304 g/mol. The molecule has 0 spiro atoms. The van der Waals surface area contributed by atoms with Gasteiger partial charge >= 0.3 is 0 Å². The van der Waals surface area contributed by atoms with Crippen LogP contribution in [0.25, 0.3) is 0 Å². The summed E-state index contributed by atoms with van der Waals surface area (Å²) in [5.41, 5.74) is 6.23. The van der Waals surface area contributed by atoms with Crippen LogP contribution in [0.3, 0.4) is 0 Å². The number of hydrogen-bond donors (Lipinski definition) is 2. The van der Waals surface area contributed by atoms with E-state index in [1.54, 1.807) is 12.1 Å². The smallest absolute Gasteiger partial charge is 0.239 e. The first kappa shape index (κ1) is 12.9. The van der Waals surface area contributed by atoms with Crippen LogP contribution in [0.4, 0.5) is 0 Å². The summed E-state index contributed by atoms with van der Waals surface area (Å²) < 4.78 is 0.842. The average molecular weight is 318 g/mol. The van der Waals surface area contributed by atoms with Crippen LogP contribution < -0.4 is 11.1 Å². The predicted octanol–water partition coefficient (Wildman–Crippen LogP) is 2.63. The number of halogens is 2. The predicted molar refractivity (Wildman–Crippen MR) is 71.8 cm³/mol. The first-order valence-corrected chi connectivity index (χ1v) is 6.72. The minimum Gasteiger partial charge on any atom is -0.368 e. The molecule has 0 heterocycles. The fraction of sp³-hybridized carbons (Fsp3) is 0.417. The Morgan fingerprint density at radius 3 is 2.88 bits per heavy atom. The molecular formula is C12H14BrClN2O. The summed E-state index contributed by atoms with van der Waals surface area (Å²) in [6.45, 7) is 0.826. The van der Waals surface area contributed by atoms with Gasteiger partial charge in [-0.1, -0.05) is 27.5 Å². The molecule has 1 fully saturated rings. The molecule has 1 saturated carbocycles. The molecule has 0 bridgehead atoms. The van der Waals surface area contributed by atoms with Crippen molar-refractivity contribution in [3.63, 3.8) is 0 Å². The van der Waals surface area contributed by atoms with E-state index in [1.807, 2.05) is 6.07 Å². The van der Waals surface area contributed by atoms with Gasteiger partial charge in [0.15, 0.2) is 0 Å². The molecule has 1 aromatic rings. The first-order chi connectivity index (χ1) is 8.08. The summed E-state index contributed by atoms with van der Waals surface area (Å²) in [6, 6.07) is 4.88. The lowest BCUT2D eigenvalue weighted by atomic mass is 10.1. The van der Waals surface area contributed by atoms with E-state index in [4.69, 9.17) is 17.3 Å². The number of benzene rings is 1. The van der Waals surface area contributed by atoms with E-state index in [0.717, 1.165) is 16.6 Å². The molecule has 3 N–H and O–H groups in total. The summed E-state index contributed by atoms with van der Waals surface area (Å²) in [5, 5.41) is 3.80. The Morgan fingerprint density at radius 2 is 2.29 bits per heavy atom. The lowest BCUT2D eigenvalue weighted by Crippen LogP contribution is -2.35. The Morgan fingerprint density at radius 1 is 1.59 bits per heavy atom. The van der Waals surface area contributed by atoms with Crippen LogP contribution in [-0.4, -0.2) is 12.5 Å². The number of nitrogens with one attached hydrogen (secondary N) is 1. The van der Waals surface area contributed by atoms with Crippen LogP contribution in [0.2, 0.25) is 5.02 Å². The minimum atomic E-state index is -0.483. The molecule has 1 atom stereocenters. The lowest BCUT2D eigenvalue weighted by Gasteiger charge is -2.17. The number of amides is 1. The van der Waals surface area contributed by atoms with Gasteiger partial charge in [-0.05, 0) is 49.1 Å². The third kappa shape index (κ3) is 3.44. The van der Waals surface area contributed by atoms with Crippen LogP contribution in [0, 0.1) is 5.92 Å². The summed E-state index contributed by atoms with van der Waals surface area (Å²) in [7, 11) is 0. The van der Waals surface area contributed by atoms with Crippen molar-refractivity contribution in [1.29, 1.82) is 0 Å². The molecule has 1 aliphatic rings. The fourth-order valence-corrected chi connectivity index (χ4v) is 2.36. The number of carbonyl (C=O) groups excluding carboxylic acids is 1. The maximum absolute atomic E-state index is 11.5. The van der Waals surface area contributed by atoms with Gasteiger partial charge in [-0.3, -0.25) is 4.79 Å². The largest absolute Gasteiger partial charge is 0.368 e. The summed E-state index contributed by atoms with van der Waals surface area (Å²) in [4.78, 5) is 11.5. The Bertz CT molecular complexity index is 435. The lowest BCUT2D eigenvalue weighted by molar-refractivity contribution is -0.120. The Balaban J connectivity index is 2.17. The number of primary amides is 1. The van der Waals surface area contributed by atoms with E-state index in [-0.39, 0.29) is 5.91 Å². The van der Waals surface area contributed by atoms with Crippen molar-refractivity contribution in [2.24, 2.45) is 11.7 Å². The zero-order valence-electron chi connectivity index (χ0n) is 9.25. The van der Waals surface area contributed by atoms with Gasteiger partial charge in [0.25, 0.3) is 0 Å². The summed E-state index contributed by atoms with van der Waals surface area (Å²) in [5.74, 6) is 0.309. The van der Waals surface area contributed by atoms with E-state index in [2.05, 4.69) is 21.2 Å². The van der Waals surface area contributed by atoms with Gasteiger partial charge in [-0.25, -0.2) is 0 Å². The SMILES string of the molecule is NC(=O)C(NCC1CC1)c1cc(Cl)ccc1Br. The van der Waals surface area contributed by atoms with Gasteiger partial charge in [0.2, 0.25) is 5.91 Å². The quantitative estimate of drug-likeness (QED) is 0.877. The summed E-state index contributed by atoms with van der Waals surface area (Å²) >= 11 is 9.36. The van der Waals surface area contributed by atoms with E-state index in [1.165, 1.54) is 12.8 Å². The van der Waals surface area contributed by atoms with Crippen molar-refractivity contribution in [3.8, 4) is 0 Å². The van der Waals surface area contributed by atoms with E-state index >= 15 is 0 Å². The number of rotatable bonds is 5. The second-order valence-corrected chi connectivity index (χ2v) is 5.64. The minimum absolute atomic E-state index is 0.381. The molecule has 1 aromatic carbocycles. The van der Waals surface area contributed by atoms with Crippen molar-refractivity contribution >= 4 is 33.4 Å². The second-order valence-electron chi connectivity index (χ2n) is 4.35. The van der Waals surface area contributed by atoms with Crippen LogP contribution in [0.5, 0.6) is 0 Å². The topological polar surface area (TPSA) is 55.1 Å². The molecule has 2 rings (SSSR count). The third-order valence-corrected chi connectivity index (χ3v) is 3.82. The van der Waals surface area contributed by atoms with Gasteiger partial charge in [0, 0.05) is 9.50 Å². The Labute approximate surface area is 114 Å². The zero-order chi connectivity index (χ0) is 12.4. The van der Waals surface area contributed by atoms with Gasteiger partial charge in [0.05, 0.1) is 0 Å². The van der Waals surface area contributed by atoms with Crippen LogP contribution >= 0.6 is 27.5 Å². The van der Waals surface area contributed by atoms with E-state index in [9.17, 15) is 4.79 Å². The molecule has 92 valence electrons. The van der Waals surface area contributed by atoms with Crippen molar-refractivity contribution in [2.45, 2.75) is 18.9 Å². The van der Waals surface area contributed by atoms with Crippen molar-refractivity contribution < 1.29 is 4.79 Å². The number of carbonyl (C=O) groups is 1. The van der Waals surface area contributed by atoms with Gasteiger partial charge in [-0.15, -0.1) is 0 Å². The van der Waals surface area contributed by atoms with Gasteiger partial charge in [0.1, 0.15) is 6.04 Å². The zero-order valence-corrected chi connectivity index (χ0v) is 11.6. The second kappa shape index (κ2) is 5.38. The van der Waals surface area contributed by atoms with Crippen molar-refractivity contribution in [2.75, 3.05) is 6.54 Å². The molecule has 1 amide bonds. The molecule has 17 heavy (non-hydrogen) atoms. The molecule has 0 radical (unpaired) electrons. The van der Waals surface area contributed by atoms with Gasteiger partial charge < -0.3 is 11.1 Å². The van der Waals surface area contributed by atoms with E-state index < -0.39 is 6.04 Å². The average Bonchev–Trinajstić information content (AvgIpc) is 3.06. The van der Waals surface area contributed by atoms with Gasteiger partial charge in [-0.2, -0.15) is 0 Å². The Kier molecular flexibility index (Phi) is 4.07. The fourth-order valence-electron chi connectivity index (χ4n) is 1.71. The van der Waals surface area contributed by atoms with Crippen LogP contribution in [0.15, 0.2) is 22.7 Å². The van der Waals surface area contributed by atoms with E-state index in [0.29, 0.717) is 10.9 Å². The van der Waals surface area contributed by atoms with Crippen molar-refractivity contribution in [3.05, 3.63) is 33.3 Å². The highest BCUT2D eigenvalue weighted by molar-refractivity contribution is 9.10. The maximum atomic E-state index is 11.5. The molecule has 3 nitrogen and oxygen atoms in total. The normalized spacial score (nSPS) is 16.8. The highest BCUT2D eigenvalue weighted by Gasteiger charge is 2.25. The highest BCUT2D eigenvalue weighted by Crippen LogP contribution is 2.30. The Hall–Kier alpha value is -0.580. The molecule has 5 heteroatoms. The van der Waals surface area contributed by atoms with Crippen LogP contribution in [0.1, 0.15) is 24.4 Å². The molecule has 0 aromatic heterocycles. The van der Waals surface area contributed by atoms with Crippen LogP contribution in [-0.2, 0) is 4.79 Å². The number of nitrogens with two attached hydrogens (primary N) is 1.